The summed E-state index contributed by atoms with van der Waals surface area (Å²) in [6.45, 7) is 1.55. The van der Waals surface area contributed by atoms with Gasteiger partial charge in [-0.25, -0.2) is 0 Å². The third kappa shape index (κ3) is 4.69. The highest BCUT2D eigenvalue weighted by Gasteiger charge is 2.32. The highest BCUT2D eigenvalue weighted by molar-refractivity contribution is 8.19. The summed E-state index contributed by atoms with van der Waals surface area (Å²) in [7, 11) is 0. The number of hydrogen-bond acceptors (Lipinski definition) is 4. The molecule has 2 aliphatic rings. The third-order valence-corrected chi connectivity index (χ3v) is 8.19. The van der Waals surface area contributed by atoms with E-state index in [0.717, 1.165) is 55.1 Å². The molecule has 8 heteroatoms. The second kappa shape index (κ2) is 8.52. The molecule has 1 N–H and O–H groups in total. The summed E-state index contributed by atoms with van der Waals surface area (Å²) >= 11 is 3.77. The Labute approximate surface area is 176 Å². The SMILES string of the molecule is O=C(Nc1cc(C(F)(F)F)ccc1N1CCCC1)c1ccc(C2SCCS2)cc1. The lowest BCUT2D eigenvalue weighted by atomic mass is 10.1. The predicted molar refractivity (Wildman–Crippen MR) is 115 cm³/mol. The van der Waals surface area contributed by atoms with Crippen LogP contribution in [0.3, 0.4) is 0 Å². The van der Waals surface area contributed by atoms with Gasteiger partial charge in [0.2, 0.25) is 0 Å². The first kappa shape index (κ1) is 20.5. The van der Waals surface area contributed by atoms with Crippen LogP contribution >= 0.6 is 23.5 Å². The Morgan fingerprint density at radius 3 is 2.28 bits per heavy atom. The van der Waals surface area contributed by atoms with Gasteiger partial charge in [0.15, 0.2) is 0 Å². The summed E-state index contributed by atoms with van der Waals surface area (Å²) in [5.74, 6) is 1.83. The van der Waals surface area contributed by atoms with Crippen molar-refractivity contribution in [3.63, 3.8) is 0 Å². The molecule has 0 aromatic heterocycles. The number of rotatable bonds is 4. The molecule has 0 saturated carbocycles. The van der Waals surface area contributed by atoms with E-state index in [4.69, 9.17) is 0 Å². The number of nitrogens with one attached hydrogen (secondary N) is 1. The molecule has 0 unspecified atom stereocenters. The van der Waals surface area contributed by atoms with Crippen LogP contribution in [0.15, 0.2) is 42.5 Å². The van der Waals surface area contributed by atoms with Gasteiger partial charge in [-0.05, 0) is 48.7 Å². The number of thioether (sulfide) groups is 2. The Hall–Kier alpha value is -1.80. The molecule has 0 aliphatic carbocycles. The van der Waals surface area contributed by atoms with Crippen molar-refractivity contribution in [2.45, 2.75) is 23.6 Å². The minimum Gasteiger partial charge on any atom is -0.370 e. The molecule has 29 heavy (non-hydrogen) atoms. The first-order valence-electron chi connectivity index (χ1n) is 9.52. The third-order valence-electron chi connectivity index (χ3n) is 5.09. The highest BCUT2D eigenvalue weighted by atomic mass is 32.2. The molecule has 4 rings (SSSR count). The van der Waals surface area contributed by atoms with E-state index >= 15 is 0 Å². The van der Waals surface area contributed by atoms with Gasteiger partial charge in [0.1, 0.15) is 0 Å². The monoisotopic (exact) mass is 438 g/mol. The fourth-order valence-electron chi connectivity index (χ4n) is 3.58. The molecule has 1 amide bonds. The number of halogens is 3. The lowest BCUT2D eigenvalue weighted by molar-refractivity contribution is -0.137. The van der Waals surface area contributed by atoms with Gasteiger partial charge < -0.3 is 10.2 Å². The number of hydrogen-bond donors (Lipinski definition) is 1. The number of nitrogens with zero attached hydrogens (tertiary/aromatic N) is 1. The summed E-state index contributed by atoms with van der Waals surface area (Å²) in [5.41, 5.74) is 1.68. The highest BCUT2D eigenvalue weighted by Crippen LogP contribution is 2.45. The van der Waals surface area contributed by atoms with Crippen LogP contribution in [-0.2, 0) is 6.18 Å². The van der Waals surface area contributed by atoms with Crippen molar-refractivity contribution in [1.29, 1.82) is 0 Å². The van der Waals surface area contributed by atoms with Crippen LogP contribution < -0.4 is 10.2 Å². The molecule has 2 aromatic rings. The minimum absolute atomic E-state index is 0.206. The Kier molecular flexibility index (Phi) is 6.01. The van der Waals surface area contributed by atoms with Crippen LogP contribution in [0.4, 0.5) is 24.5 Å². The van der Waals surface area contributed by atoms with Gasteiger partial charge in [0.25, 0.3) is 5.91 Å². The molecule has 0 radical (unpaired) electrons. The molecule has 0 spiro atoms. The summed E-state index contributed by atoms with van der Waals surface area (Å²) in [6.07, 6.45) is -2.47. The van der Waals surface area contributed by atoms with E-state index in [-0.39, 0.29) is 5.69 Å². The van der Waals surface area contributed by atoms with Gasteiger partial charge in [0, 0.05) is 30.2 Å². The smallest absolute Gasteiger partial charge is 0.370 e. The fraction of sp³-hybridized carbons (Fsp3) is 0.381. The van der Waals surface area contributed by atoms with Crippen molar-refractivity contribution in [2.24, 2.45) is 0 Å². The van der Waals surface area contributed by atoms with E-state index in [9.17, 15) is 18.0 Å². The Morgan fingerprint density at radius 1 is 1.00 bits per heavy atom. The summed E-state index contributed by atoms with van der Waals surface area (Å²) < 4.78 is 40.0. The maximum absolute atomic E-state index is 13.2. The topological polar surface area (TPSA) is 32.3 Å². The van der Waals surface area contributed by atoms with Gasteiger partial charge in [0.05, 0.1) is 21.5 Å². The summed E-state index contributed by atoms with van der Waals surface area (Å²) in [4.78, 5) is 14.8. The Bertz CT molecular complexity index is 874. The van der Waals surface area contributed by atoms with Crippen molar-refractivity contribution >= 4 is 40.8 Å². The van der Waals surface area contributed by atoms with Gasteiger partial charge in [-0.2, -0.15) is 13.2 Å². The van der Waals surface area contributed by atoms with Crippen molar-refractivity contribution in [2.75, 3.05) is 34.8 Å². The predicted octanol–water partition coefficient (Wildman–Crippen LogP) is 6.04. The normalized spacial score (nSPS) is 17.7. The number of alkyl halides is 3. The van der Waals surface area contributed by atoms with Crippen LogP contribution in [0, 0.1) is 0 Å². The molecular weight excluding hydrogens is 417 g/mol. The fourth-order valence-corrected chi connectivity index (χ4v) is 6.44. The van der Waals surface area contributed by atoms with Crippen molar-refractivity contribution in [3.8, 4) is 0 Å². The second-order valence-electron chi connectivity index (χ2n) is 7.07. The van der Waals surface area contributed by atoms with Crippen LogP contribution in [-0.4, -0.2) is 30.5 Å². The molecule has 154 valence electrons. The molecule has 2 saturated heterocycles. The van der Waals surface area contributed by atoms with Crippen molar-refractivity contribution < 1.29 is 18.0 Å². The minimum atomic E-state index is -4.46. The van der Waals surface area contributed by atoms with Crippen LogP contribution in [0.5, 0.6) is 0 Å². The number of benzene rings is 2. The zero-order chi connectivity index (χ0) is 20.4. The van der Waals surface area contributed by atoms with Crippen molar-refractivity contribution in [3.05, 3.63) is 59.2 Å². The quantitative estimate of drug-likeness (QED) is 0.631. The van der Waals surface area contributed by atoms with E-state index in [1.165, 1.54) is 6.07 Å². The van der Waals surface area contributed by atoms with E-state index in [2.05, 4.69) is 5.32 Å². The molecule has 2 heterocycles. The van der Waals surface area contributed by atoms with Gasteiger partial charge in [-0.1, -0.05) is 12.1 Å². The maximum atomic E-state index is 13.2. The van der Waals surface area contributed by atoms with E-state index in [1.807, 2.05) is 40.6 Å². The maximum Gasteiger partial charge on any atom is 0.416 e. The van der Waals surface area contributed by atoms with Crippen LogP contribution in [0.2, 0.25) is 0 Å². The number of carbonyl (C=O) groups is 1. The standard InChI is InChI=1S/C21H21F3N2OS2/c22-21(23,24)16-7-8-18(26-9-1-2-10-26)17(13-16)25-19(27)14-3-5-15(6-4-14)20-28-11-12-29-20/h3-8,13,20H,1-2,9-12H2,(H,25,27). The molecule has 2 aromatic carbocycles. The molecule has 3 nitrogen and oxygen atoms in total. The molecule has 0 bridgehead atoms. The van der Waals surface area contributed by atoms with Crippen molar-refractivity contribution in [1.82, 2.24) is 0 Å². The number of anilines is 2. The number of carbonyl (C=O) groups excluding carboxylic acids is 1. The van der Waals surface area contributed by atoms with Gasteiger partial charge in [-0.15, -0.1) is 23.5 Å². The lowest BCUT2D eigenvalue weighted by Gasteiger charge is -2.23. The largest absolute Gasteiger partial charge is 0.416 e. The Morgan fingerprint density at radius 2 is 1.66 bits per heavy atom. The lowest BCUT2D eigenvalue weighted by Crippen LogP contribution is -2.22. The van der Waals surface area contributed by atoms with E-state index in [1.54, 1.807) is 12.1 Å². The molecular formula is C21H21F3N2OS2. The van der Waals surface area contributed by atoms with Crippen LogP contribution in [0.1, 0.15) is 38.9 Å². The average molecular weight is 439 g/mol. The van der Waals surface area contributed by atoms with E-state index in [0.29, 0.717) is 15.8 Å². The first-order chi connectivity index (χ1) is 13.9. The molecule has 2 fully saturated rings. The van der Waals surface area contributed by atoms with Crippen LogP contribution in [0.25, 0.3) is 0 Å². The first-order valence-corrected chi connectivity index (χ1v) is 11.6. The van der Waals surface area contributed by atoms with Gasteiger partial charge >= 0.3 is 6.18 Å². The average Bonchev–Trinajstić information content (AvgIpc) is 3.41. The summed E-state index contributed by atoms with van der Waals surface area (Å²) in [5, 5.41) is 2.71. The zero-order valence-electron chi connectivity index (χ0n) is 15.7. The summed E-state index contributed by atoms with van der Waals surface area (Å²) in [6, 6.07) is 10.9. The number of amides is 1. The Balaban J connectivity index is 1.57. The molecule has 2 aliphatic heterocycles. The zero-order valence-corrected chi connectivity index (χ0v) is 17.3. The van der Waals surface area contributed by atoms with Gasteiger partial charge in [-0.3, -0.25) is 4.79 Å². The second-order valence-corrected chi connectivity index (χ2v) is 9.80. The van der Waals surface area contributed by atoms with E-state index < -0.39 is 17.6 Å². The molecule has 0 atom stereocenters.